The molecule has 1 aliphatic rings. The Hall–Kier alpha value is -2.28. The first-order valence-corrected chi connectivity index (χ1v) is 7.34. The van der Waals surface area contributed by atoms with Gasteiger partial charge in [0.2, 0.25) is 0 Å². The smallest absolute Gasteiger partial charge is 0.343 e. The summed E-state index contributed by atoms with van der Waals surface area (Å²) < 4.78 is 10.6. The van der Waals surface area contributed by atoms with Gasteiger partial charge >= 0.3 is 5.97 Å². The molecule has 1 atom stereocenters. The molecule has 23 heavy (non-hydrogen) atoms. The second-order valence-corrected chi connectivity index (χ2v) is 5.40. The fourth-order valence-electron chi connectivity index (χ4n) is 2.97. The number of hydrogen-bond donors (Lipinski definition) is 1. The fraction of sp³-hybridized carbons (Fsp3) is 0.500. The van der Waals surface area contributed by atoms with Crippen molar-refractivity contribution in [1.82, 2.24) is 5.06 Å². The number of benzene rings is 1. The zero-order valence-electron chi connectivity index (χ0n) is 13.7. The number of carboxylic acids is 1. The highest BCUT2D eigenvalue weighted by molar-refractivity contribution is 5.96. The molecule has 1 heterocycles. The van der Waals surface area contributed by atoms with Crippen LogP contribution in [-0.2, 0) is 4.79 Å². The molecule has 7 heteroatoms. The lowest BCUT2D eigenvalue weighted by Gasteiger charge is -2.25. The molecule has 0 bridgehead atoms. The summed E-state index contributed by atoms with van der Waals surface area (Å²) in [6.45, 7) is 4.00. The van der Waals surface area contributed by atoms with Gasteiger partial charge in [0.25, 0.3) is 0 Å². The highest BCUT2D eigenvalue weighted by Gasteiger charge is 2.32. The second-order valence-electron chi connectivity index (χ2n) is 5.40. The monoisotopic (exact) mass is 323 g/mol. The number of methoxy groups -OCH3 is 2. The van der Waals surface area contributed by atoms with Gasteiger partial charge in [0.05, 0.1) is 14.2 Å². The lowest BCUT2D eigenvalue weighted by molar-refractivity contribution is -0.124. The van der Waals surface area contributed by atoms with E-state index in [9.17, 15) is 14.7 Å². The van der Waals surface area contributed by atoms with Crippen LogP contribution < -0.4 is 14.3 Å². The third kappa shape index (κ3) is 2.96. The van der Waals surface area contributed by atoms with Gasteiger partial charge in [0, 0.05) is 17.7 Å². The standard InChI is InChI=1S/C16H21NO6/c1-9-13(21-3)10(2)15(12(16(19)20)14(9)22-4)23-17-7-5-6-11(17)8-18/h8,11H,5-7H2,1-4H3,(H,19,20). The Morgan fingerprint density at radius 1 is 1.17 bits per heavy atom. The van der Waals surface area contributed by atoms with Crippen LogP contribution in [0.5, 0.6) is 17.2 Å². The molecular formula is C16H21NO6. The van der Waals surface area contributed by atoms with E-state index < -0.39 is 5.97 Å². The van der Waals surface area contributed by atoms with Gasteiger partial charge in [0.15, 0.2) is 5.75 Å². The number of aromatic carboxylic acids is 1. The van der Waals surface area contributed by atoms with Crippen LogP contribution in [0.15, 0.2) is 0 Å². The van der Waals surface area contributed by atoms with Gasteiger partial charge in [0.1, 0.15) is 29.4 Å². The van der Waals surface area contributed by atoms with Crippen LogP contribution in [0.3, 0.4) is 0 Å². The summed E-state index contributed by atoms with van der Waals surface area (Å²) in [5.41, 5.74) is 1.07. The van der Waals surface area contributed by atoms with Gasteiger partial charge in [-0.3, -0.25) is 0 Å². The predicted octanol–water partition coefficient (Wildman–Crippen LogP) is 1.98. The molecule has 1 aromatic carbocycles. The van der Waals surface area contributed by atoms with Gasteiger partial charge in [-0.05, 0) is 26.7 Å². The minimum Gasteiger partial charge on any atom is -0.496 e. The number of hydroxylamine groups is 2. The Labute approximate surface area is 134 Å². The predicted molar refractivity (Wildman–Crippen MR) is 82.4 cm³/mol. The number of rotatable bonds is 6. The Bertz CT molecular complexity index is 628. The van der Waals surface area contributed by atoms with E-state index in [1.807, 2.05) is 0 Å². The quantitative estimate of drug-likeness (QED) is 0.801. The molecule has 0 spiro atoms. The van der Waals surface area contributed by atoms with E-state index in [4.69, 9.17) is 14.3 Å². The SMILES string of the molecule is COc1c(C)c(OC)c(C(=O)O)c(ON2CCCC2C=O)c1C. The zero-order chi connectivity index (χ0) is 17.1. The van der Waals surface area contributed by atoms with Crippen LogP contribution in [0.4, 0.5) is 0 Å². The average Bonchev–Trinajstić information content (AvgIpc) is 2.97. The zero-order valence-corrected chi connectivity index (χ0v) is 13.7. The summed E-state index contributed by atoms with van der Waals surface area (Å²) in [4.78, 5) is 28.7. The molecular weight excluding hydrogens is 302 g/mol. The van der Waals surface area contributed by atoms with Crippen LogP contribution in [0.2, 0.25) is 0 Å². The second kappa shape index (κ2) is 6.87. The van der Waals surface area contributed by atoms with Crippen LogP contribution in [-0.4, -0.2) is 49.2 Å². The van der Waals surface area contributed by atoms with Gasteiger partial charge < -0.3 is 24.2 Å². The molecule has 1 saturated heterocycles. The van der Waals surface area contributed by atoms with Crippen molar-refractivity contribution in [3.63, 3.8) is 0 Å². The Morgan fingerprint density at radius 3 is 2.30 bits per heavy atom. The number of nitrogens with zero attached hydrogens (tertiary/aromatic N) is 1. The van der Waals surface area contributed by atoms with Gasteiger partial charge in [-0.25, -0.2) is 4.79 Å². The van der Waals surface area contributed by atoms with Crippen molar-refractivity contribution >= 4 is 12.3 Å². The lowest BCUT2D eigenvalue weighted by atomic mass is 10.0. The van der Waals surface area contributed by atoms with E-state index in [2.05, 4.69) is 0 Å². The fourth-order valence-corrected chi connectivity index (χ4v) is 2.97. The van der Waals surface area contributed by atoms with Crippen LogP contribution in [0.1, 0.15) is 34.3 Å². The van der Waals surface area contributed by atoms with Gasteiger partial charge in [-0.1, -0.05) is 0 Å². The third-order valence-corrected chi connectivity index (χ3v) is 4.05. The third-order valence-electron chi connectivity index (χ3n) is 4.05. The summed E-state index contributed by atoms with van der Waals surface area (Å²) in [6.07, 6.45) is 2.31. The minimum absolute atomic E-state index is 0.0696. The van der Waals surface area contributed by atoms with Crippen molar-refractivity contribution in [1.29, 1.82) is 0 Å². The number of hydrogen-bond acceptors (Lipinski definition) is 6. The van der Waals surface area contributed by atoms with Gasteiger partial charge in [-0.15, -0.1) is 5.06 Å². The van der Waals surface area contributed by atoms with E-state index in [-0.39, 0.29) is 23.1 Å². The molecule has 0 aliphatic carbocycles. The largest absolute Gasteiger partial charge is 0.496 e. The molecule has 0 radical (unpaired) electrons. The van der Waals surface area contributed by atoms with Crippen LogP contribution in [0, 0.1) is 13.8 Å². The molecule has 1 N–H and O–H groups in total. The summed E-state index contributed by atoms with van der Waals surface area (Å²) in [5, 5.41) is 11.1. The molecule has 0 aromatic heterocycles. The highest BCUT2D eigenvalue weighted by Crippen LogP contribution is 2.43. The summed E-state index contributed by atoms with van der Waals surface area (Å²) in [6, 6.07) is -0.380. The maximum atomic E-state index is 11.7. The molecule has 0 saturated carbocycles. The summed E-state index contributed by atoms with van der Waals surface area (Å²) in [7, 11) is 2.90. The van der Waals surface area contributed by atoms with Crippen molar-refractivity contribution in [2.75, 3.05) is 20.8 Å². The van der Waals surface area contributed by atoms with Gasteiger partial charge in [-0.2, -0.15) is 0 Å². The molecule has 0 amide bonds. The molecule has 1 unspecified atom stereocenters. The first-order chi connectivity index (χ1) is 11.0. The molecule has 1 aliphatic heterocycles. The average molecular weight is 323 g/mol. The highest BCUT2D eigenvalue weighted by atomic mass is 16.7. The maximum Gasteiger partial charge on any atom is 0.343 e. The Balaban J connectivity index is 2.60. The van der Waals surface area contributed by atoms with Crippen molar-refractivity contribution in [3.8, 4) is 17.2 Å². The molecule has 126 valence electrons. The van der Waals surface area contributed by atoms with E-state index in [1.54, 1.807) is 13.8 Å². The lowest BCUT2D eigenvalue weighted by Crippen LogP contribution is -2.34. The number of aldehydes is 1. The first kappa shape index (κ1) is 17.1. The van der Waals surface area contributed by atoms with Crippen LogP contribution >= 0.6 is 0 Å². The maximum absolute atomic E-state index is 11.7. The minimum atomic E-state index is -1.16. The number of carbonyl (C=O) groups excluding carboxylic acids is 1. The number of ether oxygens (including phenoxy) is 2. The molecule has 2 rings (SSSR count). The topological polar surface area (TPSA) is 85.3 Å². The molecule has 1 fully saturated rings. The van der Waals surface area contributed by atoms with Crippen molar-refractivity contribution in [3.05, 3.63) is 16.7 Å². The number of carboxylic acid groups (broad SMARTS) is 1. The molecule has 1 aromatic rings. The summed E-state index contributed by atoms with van der Waals surface area (Å²) >= 11 is 0. The Morgan fingerprint density at radius 2 is 1.78 bits per heavy atom. The van der Waals surface area contributed by atoms with Crippen LogP contribution in [0.25, 0.3) is 0 Å². The van der Waals surface area contributed by atoms with E-state index in [0.29, 0.717) is 29.8 Å². The first-order valence-electron chi connectivity index (χ1n) is 7.34. The van der Waals surface area contributed by atoms with E-state index in [1.165, 1.54) is 19.3 Å². The normalized spacial score (nSPS) is 17.8. The number of carbonyl (C=O) groups is 2. The summed E-state index contributed by atoms with van der Waals surface area (Å²) in [5.74, 6) is -0.321. The van der Waals surface area contributed by atoms with E-state index >= 15 is 0 Å². The van der Waals surface area contributed by atoms with Crippen molar-refractivity contribution in [2.24, 2.45) is 0 Å². The van der Waals surface area contributed by atoms with E-state index in [0.717, 1.165) is 12.7 Å². The Kier molecular flexibility index (Phi) is 5.10. The van der Waals surface area contributed by atoms with Crippen molar-refractivity contribution < 1.29 is 29.0 Å². The van der Waals surface area contributed by atoms with Crippen molar-refractivity contribution in [2.45, 2.75) is 32.7 Å². The molecule has 7 nitrogen and oxygen atoms in total.